The number of hydrogen-bond donors (Lipinski definition) is 1. The minimum Gasteiger partial charge on any atom is -0.265 e. The summed E-state index contributed by atoms with van der Waals surface area (Å²) in [5.74, 6) is 0. The fourth-order valence-corrected chi connectivity index (χ4v) is 4.57. The second kappa shape index (κ2) is 7.35. The van der Waals surface area contributed by atoms with Gasteiger partial charge in [0.15, 0.2) is 0 Å². The minimum atomic E-state index is -3.59. The van der Waals surface area contributed by atoms with Crippen molar-refractivity contribution in [2.24, 2.45) is 0 Å². The van der Waals surface area contributed by atoms with E-state index in [1.807, 2.05) is 57.2 Å². The highest BCUT2D eigenvalue weighted by Crippen LogP contribution is 2.22. The molecule has 0 aliphatic rings. The van der Waals surface area contributed by atoms with Crippen LogP contribution in [0.4, 0.5) is 0 Å². The van der Waals surface area contributed by atoms with E-state index < -0.39 is 10.0 Å². The van der Waals surface area contributed by atoms with Crippen molar-refractivity contribution in [2.75, 3.05) is 0 Å². The highest BCUT2D eigenvalue weighted by molar-refractivity contribution is 7.89. The first-order valence-corrected chi connectivity index (χ1v) is 9.78. The van der Waals surface area contributed by atoms with Crippen molar-refractivity contribution in [1.29, 1.82) is 0 Å². The van der Waals surface area contributed by atoms with Gasteiger partial charge in [-0.1, -0.05) is 17.7 Å². The Hall–Kier alpha value is -2.57. The van der Waals surface area contributed by atoms with Crippen molar-refractivity contribution < 1.29 is 8.42 Å². The van der Waals surface area contributed by atoms with E-state index in [4.69, 9.17) is 0 Å². The molecular formula is C20H21N3O2S. The summed E-state index contributed by atoms with van der Waals surface area (Å²) in [7, 11) is -3.59. The van der Waals surface area contributed by atoms with Crippen molar-refractivity contribution in [3.8, 4) is 11.3 Å². The number of benzene rings is 1. The molecule has 0 aliphatic heterocycles. The summed E-state index contributed by atoms with van der Waals surface area (Å²) in [6.07, 6.45) is 5.09. The molecule has 0 spiro atoms. The Morgan fingerprint density at radius 3 is 2.23 bits per heavy atom. The lowest BCUT2D eigenvalue weighted by Gasteiger charge is -2.13. The first-order chi connectivity index (χ1) is 12.4. The summed E-state index contributed by atoms with van der Waals surface area (Å²) >= 11 is 0. The number of nitrogens with one attached hydrogen (secondary N) is 1. The number of pyridine rings is 2. The molecule has 0 amide bonds. The topological polar surface area (TPSA) is 72.0 Å². The summed E-state index contributed by atoms with van der Waals surface area (Å²) in [6, 6.07) is 11.2. The largest absolute Gasteiger partial charge is 0.265 e. The van der Waals surface area contributed by atoms with Gasteiger partial charge in [-0.2, -0.15) is 0 Å². The van der Waals surface area contributed by atoms with E-state index in [1.54, 1.807) is 18.6 Å². The average molecular weight is 367 g/mol. The maximum absolute atomic E-state index is 12.8. The summed E-state index contributed by atoms with van der Waals surface area (Å²) in [6.45, 7) is 5.81. The summed E-state index contributed by atoms with van der Waals surface area (Å²) in [4.78, 5) is 8.70. The van der Waals surface area contributed by atoms with Crippen LogP contribution in [-0.4, -0.2) is 18.4 Å². The molecular weight excluding hydrogens is 346 g/mol. The molecule has 0 atom stereocenters. The molecule has 5 nitrogen and oxygen atoms in total. The molecule has 2 aromatic heterocycles. The molecule has 3 aromatic rings. The first kappa shape index (κ1) is 18.2. The summed E-state index contributed by atoms with van der Waals surface area (Å²) in [5, 5.41) is 0. The second-order valence-electron chi connectivity index (χ2n) is 6.34. The zero-order valence-electron chi connectivity index (χ0n) is 15.0. The van der Waals surface area contributed by atoms with Gasteiger partial charge in [-0.3, -0.25) is 9.97 Å². The Bertz CT molecular complexity index is 1010. The van der Waals surface area contributed by atoms with Crippen molar-refractivity contribution in [3.63, 3.8) is 0 Å². The quantitative estimate of drug-likeness (QED) is 0.749. The van der Waals surface area contributed by atoms with Crippen molar-refractivity contribution in [3.05, 3.63) is 77.2 Å². The third-order valence-corrected chi connectivity index (χ3v) is 5.85. The van der Waals surface area contributed by atoms with Crippen molar-refractivity contribution >= 4 is 10.0 Å². The number of aryl methyl sites for hydroxylation is 3. The van der Waals surface area contributed by atoms with E-state index in [-0.39, 0.29) is 6.54 Å². The van der Waals surface area contributed by atoms with Crippen LogP contribution >= 0.6 is 0 Å². The van der Waals surface area contributed by atoms with E-state index in [9.17, 15) is 8.42 Å². The Kier molecular flexibility index (Phi) is 5.15. The van der Waals surface area contributed by atoms with E-state index in [1.165, 1.54) is 0 Å². The van der Waals surface area contributed by atoms with Crippen LogP contribution in [0.2, 0.25) is 0 Å². The van der Waals surface area contributed by atoms with Crippen LogP contribution in [0.15, 0.2) is 59.9 Å². The lowest BCUT2D eigenvalue weighted by molar-refractivity contribution is 0.580. The van der Waals surface area contributed by atoms with Crippen LogP contribution in [0.25, 0.3) is 11.3 Å². The van der Waals surface area contributed by atoms with Crippen LogP contribution in [0.3, 0.4) is 0 Å². The predicted octanol–water partition coefficient (Wildman–Crippen LogP) is 3.55. The van der Waals surface area contributed by atoms with Gasteiger partial charge in [-0.05, 0) is 61.7 Å². The van der Waals surface area contributed by atoms with Crippen LogP contribution in [-0.2, 0) is 16.6 Å². The van der Waals surface area contributed by atoms with Crippen LogP contribution in [0.5, 0.6) is 0 Å². The van der Waals surface area contributed by atoms with Gasteiger partial charge in [-0.25, -0.2) is 13.1 Å². The normalized spacial score (nSPS) is 11.5. The molecule has 1 aromatic carbocycles. The Balaban J connectivity index is 1.83. The third-order valence-electron chi connectivity index (χ3n) is 4.14. The highest BCUT2D eigenvalue weighted by Gasteiger charge is 2.19. The molecule has 0 saturated carbocycles. The summed E-state index contributed by atoms with van der Waals surface area (Å²) in [5.41, 5.74) is 5.12. The number of sulfonamides is 1. The Morgan fingerprint density at radius 1 is 0.923 bits per heavy atom. The molecule has 0 fully saturated rings. The van der Waals surface area contributed by atoms with Crippen molar-refractivity contribution in [2.45, 2.75) is 32.2 Å². The Morgan fingerprint density at radius 2 is 1.58 bits per heavy atom. The molecule has 0 unspecified atom stereocenters. The molecule has 0 radical (unpaired) electrons. The van der Waals surface area contributed by atoms with Crippen LogP contribution < -0.4 is 4.72 Å². The van der Waals surface area contributed by atoms with Gasteiger partial charge < -0.3 is 0 Å². The molecule has 0 bridgehead atoms. The van der Waals surface area contributed by atoms with Crippen LogP contribution in [0.1, 0.15) is 22.3 Å². The van der Waals surface area contributed by atoms with Gasteiger partial charge in [-0.15, -0.1) is 0 Å². The second-order valence-corrected chi connectivity index (χ2v) is 8.04. The van der Waals surface area contributed by atoms with E-state index in [0.717, 1.165) is 33.5 Å². The van der Waals surface area contributed by atoms with Crippen molar-refractivity contribution in [1.82, 2.24) is 14.7 Å². The van der Waals surface area contributed by atoms with Gasteiger partial charge in [0.25, 0.3) is 0 Å². The molecule has 26 heavy (non-hydrogen) atoms. The molecule has 2 heterocycles. The highest BCUT2D eigenvalue weighted by atomic mass is 32.2. The average Bonchev–Trinajstić information content (AvgIpc) is 2.60. The number of rotatable bonds is 5. The monoisotopic (exact) mass is 367 g/mol. The van der Waals surface area contributed by atoms with E-state index >= 15 is 0 Å². The van der Waals surface area contributed by atoms with E-state index in [2.05, 4.69) is 14.7 Å². The lowest BCUT2D eigenvalue weighted by Crippen LogP contribution is -2.25. The maximum Gasteiger partial charge on any atom is 0.241 e. The molecule has 6 heteroatoms. The molecule has 1 N–H and O–H groups in total. The van der Waals surface area contributed by atoms with Gasteiger partial charge in [0, 0.05) is 30.7 Å². The molecule has 0 aliphatic carbocycles. The van der Waals surface area contributed by atoms with Gasteiger partial charge >= 0.3 is 0 Å². The number of aromatic nitrogens is 2. The standard InChI is InChI=1S/C20H21N3O2S/c1-14-10-15(2)20(16(3)11-14)26(24,25)23-13-17-4-9-22-19(12-17)18-5-7-21-8-6-18/h4-12,23H,13H2,1-3H3. The fourth-order valence-electron chi connectivity index (χ4n) is 3.11. The van der Waals surface area contributed by atoms with E-state index in [0.29, 0.717) is 4.90 Å². The van der Waals surface area contributed by atoms with Gasteiger partial charge in [0.2, 0.25) is 10.0 Å². The molecule has 134 valence electrons. The zero-order valence-corrected chi connectivity index (χ0v) is 15.8. The lowest BCUT2D eigenvalue weighted by atomic mass is 10.1. The molecule has 0 saturated heterocycles. The molecule has 3 rings (SSSR count). The fraction of sp³-hybridized carbons (Fsp3) is 0.200. The SMILES string of the molecule is Cc1cc(C)c(S(=O)(=O)NCc2ccnc(-c3ccncc3)c2)c(C)c1. The van der Waals surface area contributed by atoms with Gasteiger partial charge in [0.05, 0.1) is 10.6 Å². The predicted molar refractivity (Wildman–Crippen MR) is 102 cm³/mol. The van der Waals surface area contributed by atoms with Gasteiger partial charge in [0.1, 0.15) is 0 Å². The number of hydrogen-bond acceptors (Lipinski definition) is 4. The maximum atomic E-state index is 12.8. The zero-order chi connectivity index (χ0) is 18.7. The Labute approximate surface area is 154 Å². The smallest absolute Gasteiger partial charge is 0.241 e. The summed E-state index contributed by atoms with van der Waals surface area (Å²) < 4.78 is 28.3. The third kappa shape index (κ3) is 3.98. The van der Waals surface area contributed by atoms with Crippen LogP contribution in [0, 0.1) is 20.8 Å². The minimum absolute atomic E-state index is 0.204. The number of nitrogens with zero attached hydrogens (tertiary/aromatic N) is 2. The first-order valence-electron chi connectivity index (χ1n) is 8.29.